The van der Waals surface area contributed by atoms with Crippen molar-refractivity contribution in [3.63, 3.8) is 0 Å². The molecule has 0 spiro atoms. The Morgan fingerprint density at radius 1 is 1.25 bits per heavy atom. The van der Waals surface area contributed by atoms with Gasteiger partial charge in [-0.25, -0.2) is 10.8 Å². The molecule has 2 rings (SSSR count). The summed E-state index contributed by atoms with van der Waals surface area (Å²) < 4.78 is 0. The van der Waals surface area contributed by atoms with E-state index in [2.05, 4.69) is 37.6 Å². The van der Waals surface area contributed by atoms with Crippen LogP contribution < -0.4 is 21.5 Å². The number of anilines is 3. The number of nitrogens with two attached hydrogens (primary N) is 1. The van der Waals surface area contributed by atoms with Crippen LogP contribution in [0.5, 0.6) is 0 Å². The van der Waals surface area contributed by atoms with Gasteiger partial charge in [-0.3, -0.25) is 5.43 Å². The molecular formula is C11H18N8S. The Labute approximate surface area is 121 Å². The molecule has 2 heterocycles. The fraction of sp³-hybridized carbons (Fsp3) is 0.455. The van der Waals surface area contributed by atoms with Crippen molar-refractivity contribution >= 4 is 29.2 Å². The van der Waals surface area contributed by atoms with Crippen LogP contribution in [-0.2, 0) is 13.0 Å². The molecule has 0 aromatic carbocycles. The molecule has 0 aliphatic rings. The number of hydrogen-bond acceptors (Lipinski definition) is 9. The van der Waals surface area contributed by atoms with Crippen LogP contribution in [0, 0.1) is 0 Å². The van der Waals surface area contributed by atoms with Crippen molar-refractivity contribution in [2.24, 2.45) is 5.84 Å². The molecule has 0 bridgehead atoms. The fourth-order valence-electron chi connectivity index (χ4n) is 1.46. The largest absolute Gasteiger partial charge is 0.348 e. The molecule has 0 aliphatic carbocycles. The summed E-state index contributed by atoms with van der Waals surface area (Å²) in [5.74, 6) is 6.67. The second kappa shape index (κ2) is 6.44. The molecule has 0 fully saturated rings. The third kappa shape index (κ3) is 3.52. The number of thiazole rings is 1. The zero-order valence-electron chi connectivity index (χ0n) is 11.7. The van der Waals surface area contributed by atoms with E-state index in [4.69, 9.17) is 5.84 Å². The summed E-state index contributed by atoms with van der Waals surface area (Å²) in [4.78, 5) is 20.0. The number of rotatable bonds is 6. The Balaban J connectivity index is 2.10. The molecule has 0 aliphatic heterocycles. The lowest BCUT2D eigenvalue weighted by Gasteiger charge is -2.12. The lowest BCUT2D eigenvalue weighted by atomic mass is 10.4. The van der Waals surface area contributed by atoms with E-state index in [1.54, 1.807) is 16.2 Å². The minimum atomic E-state index is 0.319. The summed E-state index contributed by atoms with van der Waals surface area (Å²) in [5.41, 5.74) is 2.43. The fourth-order valence-corrected chi connectivity index (χ4v) is 2.26. The maximum Gasteiger partial charge on any atom is 0.243 e. The minimum Gasteiger partial charge on any atom is -0.348 e. The van der Waals surface area contributed by atoms with Crippen molar-refractivity contribution in [1.29, 1.82) is 0 Å². The van der Waals surface area contributed by atoms with Gasteiger partial charge in [-0.05, 0) is 6.42 Å². The van der Waals surface area contributed by atoms with Gasteiger partial charge in [-0.2, -0.15) is 15.0 Å². The van der Waals surface area contributed by atoms with Crippen LogP contribution in [0.3, 0.4) is 0 Å². The Bertz CT molecular complexity index is 567. The monoisotopic (exact) mass is 294 g/mol. The van der Waals surface area contributed by atoms with Crippen LogP contribution in [0.2, 0.25) is 0 Å². The van der Waals surface area contributed by atoms with Crippen LogP contribution in [0.4, 0.5) is 17.8 Å². The second-order valence-corrected chi connectivity index (χ2v) is 5.45. The highest BCUT2D eigenvalue weighted by molar-refractivity contribution is 7.11. The first kappa shape index (κ1) is 14.4. The predicted octanol–water partition coefficient (Wildman–Crippen LogP) is 0.854. The molecule has 20 heavy (non-hydrogen) atoms. The second-order valence-electron chi connectivity index (χ2n) is 4.25. The van der Waals surface area contributed by atoms with E-state index >= 15 is 0 Å². The number of nitrogen functional groups attached to an aromatic ring is 1. The number of aromatic nitrogens is 4. The number of hydrazine groups is 1. The molecule has 0 atom stereocenters. The molecule has 0 unspecified atom stereocenters. The molecular weight excluding hydrogens is 276 g/mol. The summed E-state index contributed by atoms with van der Waals surface area (Å²) in [7, 11) is 3.71. The van der Waals surface area contributed by atoms with Crippen molar-refractivity contribution in [2.75, 3.05) is 29.7 Å². The topological polar surface area (TPSA) is 105 Å². The van der Waals surface area contributed by atoms with Crippen LogP contribution in [-0.4, -0.2) is 34.0 Å². The van der Waals surface area contributed by atoms with Gasteiger partial charge in [-0.15, -0.1) is 11.3 Å². The predicted molar refractivity (Wildman–Crippen MR) is 80.8 cm³/mol. The molecule has 4 N–H and O–H groups in total. The van der Waals surface area contributed by atoms with Gasteiger partial charge in [0.15, 0.2) is 0 Å². The van der Waals surface area contributed by atoms with Gasteiger partial charge < -0.3 is 10.2 Å². The Hall–Kier alpha value is -2.00. The van der Waals surface area contributed by atoms with Gasteiger partial charge in [0.1, 0.15) is 5.01 Å². The van der Waals surface area contributed by atoms with E-state index in [0.29, 0.717) is 24.4 Å². The molecule has 9 heteroatoms. The van der Waals surface area contributed by atoms with Crippen molar-refractivity contribution < 1.29 is 0 Å². The van der Waals surface area contributed by atoms with Gasteiger partial charge in [0.05, 0.1) is 6.54 Å². The molecule has 0 saturated carbocycles. The third-order valence-electron chi connectivity index (χ3n) is 2.50. The molecule has 8 nitrogen and oxygen atoms in total. The Morgan fingerprint density at radius 2 is 2.00 bits per heavy atom. The average molecular weight is 294 g/mol. The first-order valence-corrected chi connectivity index (χ1v) is 7.01. The Morgan fingerprint density at radius 3 is 2.60 bits per heavy atom. The maximum absolute atomic E-state index is 5.36. The number of nitrogens with one attached hydrogen (secondary N) is 2. The van der Waals surface area contributed by atoms with Gasteiger partial charge in [0.2, 0.25) is 17.8 Å². The van der Waals surface area contributed by atoms with Gasteiger partial charge in [0, 0.05) is 25.2 Å². The van der Waals surface area contributed by atoms with E-state index in [-0.39, 0.29) is 0 Å². The normalized spacial score (nSPS) is 10.4. The van der Waals surface area contributed by atoms with Crippen LogP contribution >= 0.6 is 11.3 Å². The van der Waals surface area contributed by atoms with E-state index in [9.17, 15) is 0 Å². The highest BCUT2D eigenvalue weighted by atomic mass is 32.1. The van der Waals surface area contributed by atoms with Gasteiger partial charge in [0.25, 0.3) is 0 Å². The summed E-state index contributed by atoms with van der Waals surface area (Å²) in [5, 5.41) is 4.13. The van der Waals surface area contributed by atoms with Crippen LogP contribution in [0.15, 0.2) is 6.20 Å². The van der Waals surface area contributed by atoms with Crippen molar-refractivity contribution in [3.05, 3.63) is 16.1 Å². The van der Waals surface area contributed by atoms with E-state index < -0.39 is 0 Å². The first-order chi connectivity index (χ1) is 9.62. The zero-order chi connectivity index (χ0) is 14.5. The lowest BCUT2D eigenvalue weighted by Crippen LogP contribution is -2.19. The first-order valence-electron chi connectivity index (χ1n) is 6.19. The number of aryl methyl sites for hydroxylation is 1. The number of nitrogens with zero attached hydrogens (tertiary/aromatic N) is 5. The Kier molecular flexibility index (Phi) is 4.64. The van der Waals surface area contributed by atoms with E-state index in [0.717, 1.165) is 11.4 Å². The molecule has 108 valence electrons. The van der Waals surface area contributed by atoms with Crippen LogP contribution in [0.1, 0.15) is 16.8 Å². The molecule has 0 amide bonds. The smallest absolute Gasteiger partial charge is 0.243 e. The highest BCUT2D eigenvalue weighted by Gasteiger charge is 2.08. The molecule has 2 aromatic rings. The average Bonchev–Trinajstić information content (AvgIpc) is 2.92. The minimum absolute atomic E-state index is 0.319. The standard InChI is InChI=1S/C11H18N8S/c1-4-7-5-13-8(20-7)6-14-9-15-10(18-12)17-11(16-9)19(2)3/h5H,4,6,12H2,1-3H3,(H2,14,15,16,17,18). The van der Waals surface area contributed by atoms with Crippen molar-refractivity contribution in [2.45, 2.75) is 19.9 Å². The molecule has 2 aromatic heterocycles. The van der Waals surface area contributed by atoms with Crippen LogP contribution in [0.25, 0.3) is 0 Å². The maximum atomic E-state index is 5.36. The van der Waals surface area contributed by atoms with Crippen molar-refractivity contribution in [3.8, 4) is 0 Å². The quantitative estimate of drug-likeness (QED) is 0.532. The molecule has 0 radical (unpaired) electrons. The summed E-state index contributed by atoms with van der Waals surface area (Å²) in [6.07, 6.45) is 2.89. The number of hydrogen-bond donors (Lipinski definition) is 3. The van der Waals surface area contributed by atoms with Gasteiger partial charge in [-0.1, -0.05) is 6.92 Å². The summed E-state index contributed by atoms with van der Waals surface area (Å²) in [6, 6.07) is 0. The summed E-state index contributed by atoms with van der Waals surface area (Å²) >= 11 is 1.68. The zero-order valence-corrected chi connectivity index (χ0v) is 12.5. The SMILES string of the molecule is CCc1cnc(CNc2nc(NN)nc(N(C)C)n2)s1. The van der Waals surface area contributed by atoms with Gasteiger partial charge >= 0.3 is 0 Å². The summed E-state index contributed by atoms with van der Waals surface area (Å²) in [6.45, 7) is 2.69. The lowest BCUT2D eigenvalue weighted by molar-refractivity contribution is 0.937. The third-order valence-corrected chi connectivity index (χ3v) is 3.64. The molecule has 0 saturated heterocycles. The van der Waals surface area contributed by atoms with E-state index in [1.807, 2.05) is 20.3 Å². The van der Waals surface area contributed by atoms with E-state index in [1.165, 1.54) is 4.88 Å². The highest BCUT2D eigenvalue weighted by Crippen LogP contribution is 2.15. The van der Waals surface area contributed by atoms with Crippen molar-refractivity contribution in [1.82, 2.24) is 19.9 Å².